The van der Waals surface area contributed by atoms with Crippen LogP contribution in [0.5, 0.6) is 0 Å². The molecule has 0 N–H and O–H groups in total. The maximum atomic E-state index is 12.0. The van der Waals surface area contributed by atoms with Crippen LogP contribution in [0, 0.1) is 12.8 Å². The number of pyridine rings is 1. The quantitative estimate of drug-likeness (QED) is 0.817. The summed E-state index contributed by atoms with van der Waals surface area (Å²) in [5.41, 5.74) is 2.44. The smallest absolute Gasteiger partial charge is 0.248 e. The zero-order chi connectivity index (χ0) is 14.8. The lowest BCUT2D eigenvalue weighted by Gasteiger charge is -2.41. The largest absolute Gasteiger partial charge is 0.371 e. The first-order valence-electron chi connectivity index (χ1n) is 7.60. The second-order valence-electron chi connectivity index (χ2n) is 6.24. The first-order valence-corrected chi connectivity index (χ1v) is 7.60. The molecule has 1 aromatic heterocycles. The van der Waals surface area contributed by atoms with Crippen LogP contribution in [0.3, 0.4) is 0 Å². The van der Waals surface area contributed by atoms with E-state index < -0.39 is 0 Å². The summed E-state index contributed by atoms with van der Waals surface area (Å²) in [5.74, 6) is 0.565. The Balaban J connectivity index is 1.68. The van der Waals surface area contributed by atoms with Crippen molar-refractivity contribution in [2.45, 2.75) is 25.9 Å². The normalized spacial score (nSPS) is 27.3. The monoisotopic (exact) mass is 289 g/mol. The number of piperidine rings is 1. The van der Waals surface area contributed by atoms with Crippen LogP contribution in [0.15, 0.2) is 18.5 Å². The third-order valence-corrected chi connectivity index (χ3v) is 4.59. The zero-order valence-electron chi connectivity index (χ0n) is 12.8. The molecule has 0 unspecified atom stereocenters. The highest BCUT2D eigenvalue weighted by Gasteiger charge is 2.36. The van der Waals surface area contributed by atoms with E-state index in [1.165, 1.54) is 11.1 Å². The van der Waals surface area contributed by atoms with Crippen LogP contribution in [0.2, 0.25) is 0 Å². The Hall–Kier alpha value is -1.46. The average Bonchev–Trinajstić information content (AvgIpc) is 2.60. The van der Waals surface area contributed by atoms with Crippen LogP contribution in [0.1, 0.15) is 17.5 Å². The van der Waals surface area contributed by atoms with Gasteiger partial charge in [-0.15, -0.1) is 0 Å². The molecule has 3 heterocycles. The maximum absolute atomic E-state index is 12.0. The van der Waals surface area contributed by atoms with Crippen molar-refractivity contribution in [2.24, 2.45) is 5.92 Å². The molecule has 0 aromatic carbocycles. The summed E-state index contributed by atoms with van der Waals surface area (Å²) in [6.07, 6.45) is 4.90. The number of hydrogen-bond donors (Lipinski definition) is 0. The van der Waals surface area contributed by atoms with Gasteiger partial charge >= 0.3 is 0 Å². The van der Waals surface area contributed by atoms with Crippen molar-refractivity contribution in [1.82, 2.24) is 14.8 Å². The van der Waals surface area contributed by atoms with Gasteiger partial charge in [-0.05, 0) is 31.0 Å². The van der Waals surface area contributed by atoms with Gasteiger partial charge in [-0.25, -0.2) is 0 Å². The minimum absolute atomic E-state index is 0.0987. The van der Waals surface area contributed by atoms with Crippen molar-refractivity contribution in [3.63, 3.8) is 0 Å². The van der Waals surface area contributed by atoms with Gasteiger partial charge in [0.2, 0.25) is 5.91 Å². The summed E-state index contributed by atoms with van der Waals surface area (Å²) in [5, 5.41) is 0. The molecule has 2 aliphatic rings. The van der Waals surface area contributed by atoms with E-state index in [0.717, 1.165) is 26.1 Å². The average molecular weight is 289 g/mol. The van der Waals surface area contributed by atoms with Crippen LogP contribution in [0.4, 0.5) is 0 Å². The highest BCUT2D eigenvalue weighted by atomic mass is 16.5. The number of ether oxygens (including phenoxy) is 1. The second kappa shape index (κ2) is 6.12. The highest BCUT2D eigenvalue weighted by Crippen LogP contribution is 2.25. The molecule has 2 fully saturated rings. The number of carbonyl (C=O) groups excluding carboxylic acids is 1. The zero-order valence-corrected chi connectivity index (χ0v) is 12.8. The van der Waals surface area contributed by atoms with E-state index in [4.69, 9.17) is 4.74 Å². The molecule has 0 radical (unpaired) electrons. The molecule has 0 spiro atoms. The van der Waals surface area contributed by atoms with E-state index in [0.29, 0.717) is 12.5 Å². The lowest BCUT2D eigenvalue weighted by atomic mass is 9.91. The molecule has 0 saturated carbocycles. The van der Waals surface area contributed by atoms with Crippen molar-refractivity contribution in [3.8, 4) is 0 Å². The van der Waals surface area contributed by atoms with Crippen molar-refractivity contribution in [1.29, 1.82) is 0 Å². The molecular formula is C16H23N3O2. The predicted molar refractivity (Wildman–Crippen MR) is 79.7 cm³/mol. The molecule has 2 aliphatic heterocycles. The number of hydrogen-bond acceptors (Lipinski definition) is 4. The molecule has 0 aliphatic carbocycles. The summed E-state index contributed by atoms with van der Waals surface area (Å²) in [4.78, 5) is 20.5. The maximum Gasteiger partial charge on any atom is 0.248 e. The number of rotatable bonds is 2. The van der Waals surface area contributed by atoms with E-state index in [-0.39, 0.29) is 18.6 Å². The summed E-state index contributed by atoms with van der Waals surface area (Å²) >= 11 is 0. The number of likely N-dealkylation sites (tertiary alicyclic amines) is 1. The van der Waals surface area contributed by atoms with Gasteiger partial charge in [-0.1, -0.05) is 6.07 Å². The fourth-order valence-electron chi connectivity index (χ4n) is 3.37. The van der Waals surface area contributed by atoms with E-state index in [9.17, 15) is 4.79 Å². The molecule has 0 bridgehead atoms. The van der Waals surface area contributed by atoms with Crippen LogP contribution in [-0.4, -0.2) is 60.1 Å². The van der Waals surface area contributed by atoms with Gasteiger partial charge in [-0.2, -0.15) is 0 Å². The van der Waals surface area contributed by atoms with Crippen LogP contribution < -0.4 is 0 Å². The Bertz CT molecular complexity index is 520. The van der Waals surface area contributed by atoms with E-state index in [2.05, 4.69) is 22.9 Å². The molecule has 2 atom stereocenters. The SMILES string of the molecule is Cc1cncc(CN2CC[C@H]3COCC(=O)N(C)[C@H]3C2)c1. The van der Waals surface area contributed by atoms with Crippen molar-refractivity contribution in [2.75, 3.05) is 33.4 Å². The van der Waals surface area contributed by atoms with Gasteiger partial charge in [0.05, 0.1) is 6.61 Å². The Kier molecular flexibility index (Phi) is 4.22. The number of aryl methyl sites for hydroxylation is 1. The molecule has 1 aromatic rings. The lowest BCUT2D eigenvalue weighted by Crippen LogP contribution is -2.52. The van der Waals surface area contributed by atoms with Crippen LogP contribution in [-0.2, 0) is 16.1 Å². The number of amides is 1. The minimum Gasteiger partial charge on any atom is -0.371 e. The highest BCUT2D eigenvalue weighted by molar-refractivity contribution is 5.77. The van der Waals surface area contributed by atoms with E-state index in [1.807, 2.05) is 24.3 Å². The Morgan fingerprint density at radius 2 is 2.29 bits per heavy atom. The molecule has 21 heavy (non-hydrogen) atoms. The Morgan fingerprint density at radius 1 is 1.43 bits per heavy atom. The molecule has 2 saturated heterocycles. The molecular weight excluding hydrogens is 266 g/mol. The summed E-state index contributed by atoms with van der Waals surface area (Å²) in [6, 6.07) is 2.45. The van der Waals surface area contributed by atoms with Crippen molar-refractivity contribution >= 4 is 5.91 Å². The Morgan fingerprint density at radius 3 is 3.10 bits per heavy atom. The van der Waals surface area contributed by atoms with Crippen LogP contribution in [0.25, 0.3) is 0 Å². The third-order valence-electron chi connectivity index (χ3n) is 4.59. The van der Waals surface area contributed by atoms with Gasteiger partial charge in [0.25, 0.3) is 0 Å². The Labute approximate surface area is 125 Å². The molecule has 1 amide bonds. The predicted octanol–water partition coefficient (Wildman–Crippen LogP) is 1.07. The fraction of sp³-hybridized carbons (Fsp3) is 0.625. The first kappa shape index (κ1) is 14.5. The standard InChI is InChI=1S/C16H23N3O2/c1-12-5-13(7-17-6-12)8-19-4-3-14-10-21-11-16(20)18(2)15(14)9-19/h5-7,14-15H,3-4,8-11H2,1-2H3/t14-,15-/m0/s1. The first-order chi connectivity index (χ1) is 10.1. The summed E-state index contributed by atoms with van der Waals surface area (Å²) in [7, 11) is 1.91. The summed E-state index contributed by atoms with van der Waals surface area (Å²) < 4.78 is 5.50. The number of likely N-dealkylation sites (N-methyl/N-ethyl adjacent to an activating group) is 1. The van der Waals surface area contributed by atoms with Crippen LogP contribution >= 0.6 is 0 Å². The van der Waals surface area contributed by atoms with Gasteiger partial charge in [0, 0.05) is 44.5 Å². The topological polar surface area (TPSA) is 45.7 Å². The molecule has 5 nitrogen and oxygen atoms in total. The van der Waals surface area contributed by atoms with E-state index >= 15 is 0 Å². The number of aromatic nitrogens is 1. The summed E-state index contributed by atoms with van der Waals surface area (Å²) in [6.45, 7) is 5.88. The molecule has 3 rings (SSSR count). The third kappa shape index (κ3) is 3.24. The molecule has 114 valence electrons. The fourth-order valence-corrected chi connectivity index (χ4v) is 3.37. The lowest BCUT2D eigenvalue weighted by molar-refractivity contribution is -0.134. The van der Waals surface area contributed by atoms with Crippen molar-refractivity contribution in [3.05, 3.63) is 29.6 Å². The number of fused-ring (bicyclic) bond motifs is 1. The number of nitrogens with zero attached hydrogens (tertiary/aromatic N) is 3. The number of carbonyl (C=O) groups is 1. The van der Waals surface area contributed by atoms with Gasteiger partial charge in [0.15, 0.2) is 0 Å². The van der Waals surface area contributed by atoms with Gasteiger partial charge in [-0.3, -0.25) is 14.7 Å². The second-order valence-corrected chi connectivity index (χ2v) is 6.24. The van der Waals surface area contributed by atoms with Gasteiger partial charge in [0.1, 0.15) is 6.61 Å². The van der Waals surface area contributed by atoms with Crippen molar-refractivity contribution < 1.29 is 9.53 Å². The minimum atomic E-state index is 0.0987. The molecule has 5 heteroatoms. The van der Waals surface area contributed by atoms with Gasteiger partial charge < -0.3 is 9.64 Å². The van der Waals surface area contributed by atoms with E-state index in [1.54, 1.807) is 0 Å².